The second-order valence-corrected chi connectivity index (χ2v) is 4.45. The number of esters is 1. The van der Waals surface area contributed by atoms with Gasteiger partial charge in [0.2, 0.25) is 0 Å². The van der Waals surface area contributed by atoms with Crippen molar-refractivity contribution in [3.63, 3.8) is 0 Å². The Balaban J connectivity index is 2.12. The zero-order valence-electron chi connectivity index (χ0n) is 11.8. The lowest BCUT2D eigenvalue weighted by atomic mass is 10.0. The van der Waals surface area contributed by atoms with Gasteiger partial charge in [0.15, 0.2) is 0 Å². The van der Waals surface area contributed by atoms with E-state index in [1.54, 1.807) is 20.1 Å². The molecular formula is C17H18O3. The Morgan fingerprint density at radius 1 is 1.05 bits per heavy atom. The molecule has 2 aromatic carbocycles. The van der Waals surface area contributed by atoms with Crippen LogP contribution in [0.3, 0.4) is 0 Å². The van der Waals surface area contributed by atoms with Crippen LogP contribution in [0.1, 0.15) is 28.4 Å². The van der Waals surface area contributed by atoms with Crippen LogP contribution in [-0.2, 0) is 11.2 Å². The first kappa shape index (κ1) is 14.1. The average Bonchev–Trinajstić information content (AvgIpc) is 2.48. The number of rotatable bonds is 5. The van der Waals surface area contributed by atoms with Crippen molar-refractivity contribution in [1.82, 2.24) is 0 Å². The summed E-state index contributed by atoms with van der Waals surface area (Å²) in [5.41, 5.74) is 2.85. The molecule has 2 aromatic rings. The minimum absolute atomic E-state index is 0.274. The maximum Gasteiger partial charge on any atom is 0.338 e. The molecule has 0 saturated heterocycles. The number of carbonyl (C=O) groups is 1. The molecule has 0 amide bonds. The molecule has 20 heavy (non-hydrogen) atoms. The van der Waals surface area contributed by atoms with Crippen molar-refractivity contribution >= 4 is 5.97 Å². The van der Waals surface area contributed by atoms with Crippen molar-refractivity contribution < 1.29 is 14.3 Å². The lowest BCUT2D eigenvalue weighted by Gasteiger charge is -2.06. The number of ether oxygens (including phenoxy) is 2. The van der Waals surface area contributed by atoms with Gasteiger partial charge >= 0.3 is 5.97 Å². The van der Waals surface area contributed by atoms with Gasteiger partial charge in [0.25, 0.3) is 0 Å². The van der Waals surface area contributed by atoms with Crippen LogP contribution >= 0.6 is 0 Å². The molecule has 0 aromatic heterocycles. The lowest BCUT2D eigenvalue weighted by Crippen LogP contribution is -2.05. The lowest BCUT2D eigenvalue weighted by molar-refractivity contribution is 0.0526. The predicted octanol–water partition coefficient (Wildman–Crippen LogP) is 3.46. The van der Waals surface area contributed by atoms with Gasteiger partial charge in [0, 0.05) is 0 Å². The van der Waals surface area contributed by atoms with Gasteiger partial charge in [-0.1, -0.05) is 24.3 Å². The molecule has 0 atom stereocenters. The van der Waals surface area contributed by atoms with E-state index in [0.29, 0.717) is 12.2 Å². The Labute approximate surface area is 119 Å². The molecule has 2 rings (SSSR count). The Bertz CT molecular complexity index is 573. The number of benzene rings is 2. The van der Waals surface area contributed by atoms with Crippen molar-refractivity contribution in [2.75, 3.05) is 13.7 Å². The van der Waals surface area contributed by atoms with Crippen LogP contribution in [0.5, 0.6) is 5.75 Å². The second kappa shape index (κ2) is 6.75. The van der Waals surface area contributed by atoms with E-state index in [-0.39, 0.29) is 5.97 Å². The molecule has 0 fully saturated rings. The first-order chi connectivity index (χ1) is 9.72. The van der Waals surface area contributed by atoms with Crippen molar-refractivity contribution in [2.24, 2.45) is 0 Å². The summed E-state index contributed by atoms with van der Waals surface area (Å²) < 4.78 is 10.1. The quantitative estimate of drug-likeness (QED) is 0.780. The van der Waals surface area contributed by atoms with Gasteiger partial charge in [-0.2, -0.15) is 0 Å². The average molecular weight is 270 g/mol. The zero-order chi connectivity index (χ0) is 14.4. The minimum atomic E-state index is -0.274. The van der Waals surface area contributed by atoms with Gasteiger partial charge in [0.05, 0.1) is 19.3 Å². The third-order valence-electron chi connectivity index (χ3n) is 3.01. The van der Waals surface area contributed by atoms with Gasteiger partial charge in [-0.25, -0.2) is 4.79 Å². The van der Waals surface area contributed by atoms with Crippen LogP contribution in [0.2, 0.25) is 0 Å². The largest absolute Gasteiger partial charge is 0.497 e. The Morgan fingerprint density at radius 3 is 2.45 bits per heavy atom. The Morgan fingerprint density at radius 2 is 1.80 bits per heavy atom. The highest BCUT2D eigenvalue weighted by atomic mass is 16.5. The second-order valence-electron chi connectivity index (χ2n) is 4.45. The SMILES string of the molecule is CCOC(=O)c1cccc(Cc2ccc(OC)cc2)c1. The van der Waals surface area contributed by atoms with Gasteiger partial charge in [-0.05, 0) is 48.7 Å². The van der Waals surface area contributed by atoms with Gasteiger partial charge < -0.3 is 9.47 Å². The van der Waals surface area contributed by atoms with E-state index in [9.17, 15) is 4.79 Å². The van der Waals surface area contributed by atoms with Crippen molar-refractivity contribution in [3.05, 3.63) is 65.2 Å². The van der Waals surface area contributed by atoms with Crippen LogP contribution in [0.15, 0.2) is 48.5 Å². The topological polar surface area (TPSA) is 35.5 Å². The zero-order valence-corrected chi connectivity index (χ0v) is 11.8. The predicted molar refractivity (Wildman–Crippen MR) is 78.2 cm³/mol. The first-order valence-electron chi connectivity index (χ1n) is 6.62. The summed E-state index contributed by atoms with van der Waals surface area (Å²) >= 11 is 0. The highest BCUT2D eigenvalue weighted by molar-refractivity contribution is 5.89. The molecule has 0 spiro atoms. The molecule has 0 radical (unpaired) electrons. The molecule has 3 heteroatoms. The van der Waals surface area contributed by atoms with Crippen LogP contribution in [-0.4, -0.2) is 19.7 Å². The van der Waals surface area contributed by atoms with Crippen molar-refractivity contribution in [3.8, 4) is 5.75 Å². The summed E-state index contributed by atoms with van der Waals surface area (Å²) in [4.78, 5) is 11.7. The number of hydrogen-bond donors (Lipinski definition) is 0. The van der Waals surface area contributed by atoms with Crippen LogP contribution in [0, 0.1) is 0 Å². The minimum Gasteiger partial charge on any atom is -0.497 e. The maximum atomic E-state index is 11.7. The van der Waals surface area contributed by atoms with Crippen LogP contribution < -0.4 is 4.74 Å². The van der Waals surface area contributed by atoms with E-state index in [1.807, 2.05) is 42.5 Å². The van der Waals surface area contributed by atoms with E-state index in [1.165, 1.54) is 5.56 Å². The Hall–Kier alpha value is -2.29. The van der Waals surface area contributed by atoms with E-state index in [2.05, 4.69) is 0 Å². The van der Waals surface area contributed by atoms with Crippen LogP contribution in [0.4, 0.5) is 0 Å². The fourth-order valence-corrected chi connectivity index (χ4v) is 2.00. The molecule has 0 aliphatic rings. The maximum absolute atomic E-state index is 11.7. The molecule has 0 bridgehead atoms. The molecule has 0 unspecified atom stereocenters. The number of methoxy groups -OCH3 is 1. The molecule has 0 N–H and O–H groups in total. The van der Waals surface area contributed by atoms with E-state index in [0.717, 1.165) is 17.7 Å². The van der Waals surface area contributed by atoms with Gasteiger partial charge in [0.1, 0.15) is 5.75 Å². The highest BCUT2D eigenvalue weighted by Gasteiger charge is 2.07. The van der Waals surface area contributed by atoms with Crippen molar-refractivity contribution in [2.45, 2.75) is 13.3 Å². The molecule has 3 nitrogen and oxygen atoms in total. The van der Waals surface area contributed by atoms with Crippen LogP contribution in [0.25, 0.3) is 0 Å². The molecule has 0 aliphatic heterocycles. The molecular weight excluding hydrogens is 252 g/mol. The molecule has 0 heterocycles. The van der Waals surface area contributed by atoms with Gasteiger partial charge in [-0.3, -0.25) is 0 Å². The highest BCUT2D eigenvalue weighted by Crippen LogP contribution is 2.16. The molecule has 0 aliphatic carbocycles. The summed E-state index contributed by atoms with van der Waals surface area (Å²) in [6.45, 7) is 2.20. The monoisotopic (exact) mass is 270 g/mol. The third kappa shape index (κ3) is 3.60. The fraction of sp³-hybridized carbons (Fsp3) is 0.235. The van der Waals surface area contributed by atoms with E-state index in [4.69, 9.17) is 9.47 Å². The summed E-state index contributed by atoms with van der Waals surface area (Å²) in [6.07, 6.45) is 0.775. The van der Waals surface area contributed by atoms with E-state index >= 15 is 0 Å². The number of hydrogen-bond acceptors (Lipinski definition) is 3. The normalized spacial score (nSPS) is 10.1. The number of carbonyl (C=O) groups excluding carboxylic acids is 1. The summed E-state index contributed by atoms with van der Waals surface area (Å²) in [5.74, 6) is 0.568. The standard InChI is InChI=1S/C17H18O3/c1-3-20-17(18)15-6-4-5-14(12-15)11-13-7-9-16(19-2)10-8-13/h4-10,12H,3,11H2,1-2H3. The van der Waals surface area contributed by atoms with Crippen molar-refractivity contribution in [1.29, 1.82) is 0 Å². The third-order valence-corrected chi connectivity index (χ3v) is 3.01. The summed E-state index contributed by atoms with van der Waals surface area (Å²) in [7, 11) is 1.65. The Kier molecular flexibility index (Phi) is 4.77. The van der Waals surface area contributed by atoms with Gasteiger partial charge in [-0.15, -0.1) is 0 Å². The fourth-order valence-electron chi connectivity index (χ4n) is 2.00. The summed E-state index contributed by atoms with van der Waals surface area (Å²) in [6, 6.07) is 15.5. The van der Waals surface area contributed by atoms with E-state index < -0.39 is 0 Å². The summed E-state index contributed by atoms with van der Waals surface area (Å²) in [5, 5.41) is 0. The molecule has 0 saturated carbocycles. The smallest absolute Gasteiger partial charge is 0.338 e. The molecule has 104 valence electrons. The first-order valence-corrected chi connectivity index (χ1v) is 6.62.